The first-order valence-corrected chi connectivity index (χ1v) is 7.71. The lowest BCUT2D eigenvalue weighted by atomic mass is 9.95. The van der Waals surface area contributed by atoms with Crippen LogP contribution in [0.5, 0.6) is 0 Å². The van der Waals surface area contributed by atoms with Crippen LogP contribution in [0.25, 0.3) is 0 Å². The number of rotatable bonds is 4. The summed E-state index contributed by atoms with van der Waals surface area (Å²) in [5, 5.41) is 18.1. The average molecular weight is 343 g/mol. The summed E-state index contributed by atoms with van der Waals surface area (Å²) in [6, 6.07) is 5.43. The molecule has 3 rings (SSSR count). The number of nitro groups is 1. The van der Waals surface area contributed by atoms with E-state index in [1.54, 1.807) is 37.6 Å². The first kappa shape index (κ1) is 16.6. The summed E-state index contributed by atoms with van der Waals surface area (Å²) in [5.74, 6) is 0.0199. The fourth-order valence-electron chi connectivity index (χ4n) is 2.72. The zero-order valence-corrected chi connectivity index (χ0v) is 14.0. The van der Waals surface area contributed by atoms with E-state index in [1.165, 1.54) is 18.5 Å². The number of fused-ring (bicyclic) bond motifs is 1. The van der Waals surface area contributed by atoms with Gasteiger partial charge in [-0.15, -0.1) is 0 Å². The molecule has 1 unspecified atom stereocenters. The predicted molar refractivity (Wildman–Crippen MR) is 88.8 cm³/mol. The van der Waals surface area contributed by atoms with Crippen molar-refractivity contribution in [3.63, 3.8) is 0 Å². The molecule has 1 aromatic carbocycles. The van der Waals surface area contributed by atoms with Crippen molar-refractivity contribution in [3.05, 3.63) is 57.5 Å². The van der Waals surface area contributed by atoms with E-state index >= 15 is 0 Å². The van der Waals surface area contributed by atoms with Gasteiger partial charge >= 0.3 is 5.97 Å². The number of ether oxygens (including phenoxy) is 1. The molecule has 0 fully saturated rings. The lowest BCUT2D eigenvalue weighted by molar-refractivity contribution is -0.384. The van der Waals surface area contributed by atoms with E-state index in [1.807, 2.05) is 0 Å². The van der Waals surface area contributed by atoms with E-state index in [0.717, 1.165) is 0 Å². The maximum absolute atomic E-state index is 12.6. The normalized spacial score (nSPS) is 16.4. The number of hydrogen-bond acceptors (Lipinski definition) is 7. The van der Waals surface area contributed by atoms with Gasteiger partial charge in [-0.25, -0.2) is 9.48 Å². The minimum atomic E-state index is -0.578. The molecule has 1 atom stereocenters. The number of carbonyl (C=O) groups excluding carboxylic acids is 1. The number of anilines is 1. The number of nitrogens with zero attached hydrogens (tertiary/aromatic N) is 4. The van der Waals surface area contributed by atoms with E-state index in [0.29, 0.717) is 22.8 Å². The molecule has 0 bridgehead atoms. The van der Waals surface area contributed by atoms with Crippen molar-refractivity contribution >= 4 is 17.6 Å². The molecule has 2 aromatic rings. The van der Waals surface area contributed by atoms with Crippen molar-refractivity contribution < 1.29 is 14.5 Å². The van der Waals surface area contributed by atoms with Gasteiger partial charge in [-0.2, -0.15) is 10.1 Å². The molecule has 2 heterocycles. The minimum Gasteiger partial charge on any atom is -0.459 e. The van der Waals surface area contributed by atoms with Crippen LogP contribution in [0.2, 0.25) is 0 Å². The zero-order chi connectivity index (χ0) is 18.1. The molecule has 0 saturated heterocycles. The second kappa shape index (κ2) is 6.34. The highest BCUT2D eigenvalue weighted by atomic mass is 16.6. The highest BCUT2D eigenvalue weighted by Gasteiger charge is 2.34. The van der Waals surface area contributed by atoms with Gasteiger partial charge in [0.05, 0.1) is 16.6 Å². The van der Waals surface area contributed by atoms with Crippen molar-refractivity contribution in [1.82, 2.24) is 14.8 Å². The number of carbonyl (C=O) groups is 1. The third kappa shape index (κ3) is 3.08. The highest BCUT2D eigenvalue weighted by molar-refractivity contribution is 5.92. The molecular formula is C16H17N5O4. The van der Waals surface area contributed by atoms with Crippen LogP contribution >= 0.6 is 0 Å². The number of hydrogen-bond donors (Lipinski definition) is 1. The third-order valence-corrected chi connectivity index (χ3v) is 3.78. The number of non-ortho nitro benzene ring substituents is 1. The van der Waals surface area contributed by atoms with Gasteiger partial charge in [-0.3, -0.25) is 10.1 Å². The maximum Gasteiger partial charge on any atom is 0.338 e. The Morgan fingerprint density at radius 1 is 1.36 bits per heavy atom. The van der Waals surface area contributed by atoms with E-state index in [2.05, 4.69) is 15.4 Å². The Kier molecular flexibility index (Phi) is 4.22. The predicted octanol–water partition coefficient (Wildman–Crippen LogP) is 2.43. The number of aromatic nitrogens is 3. The van der Waals surface area contributed by atoms with Crippen LogP contribution in [0.15, 0.2) is 41.9 Å². The van der Waals surface area contributed by atoms with Crippen LogP contribution in [0.3, 0.4) is 0 Å². The topological polar surface area (TPSA) is 112 Å². The van der Waals surface area contributed by atoms with Crippen molar-refractivity contribution in [2.45, 2.75) is 32.9 Å². The number of nitro benzene ring substituents is 1. The number of nitrogens with one attached hydrogen (secondary N) is 1. The summed E-state index contributed by atoms with van der Waals surface area (Å²) in [6.07, 6.45) is 1.10. The van der Waals surface area contributed by atoms with Gasteiger partial charge in [0.1, 0.15) is 12.4 Å². The maximum atomic E-state index is 12.6. The molecular weight excluding hydrogens is 326 g/mol. The summed E-state index contributed by atoms with van der Waals surface area (Å²) >= 11 is 0. The fraction of sp³-hybridized carbons (Fsp3) is 0.312. The third-order valence-electron chi connectivity index (χ3n) is 3.78. The van der Waals surface area contributed by atoms with Crippen LogP contribution < -0.4 is 5.32 Å². The van der Waals surface area contributed by atoms with Crippen LogP contribution in [0.1, 0.15) is 32.4 Å². The zero-order valence-electron chi connectivity index (χ0n) is 14.0. The van der Waals surface area contributed by atoms with E-state index in [-0.39, 0.29) is 11.8 Å². The molecule has 1 aliphatic rings. The molecule has 9 heteroatoms. The molecule has 0 amide bonds. The van der Waals surface area contributed by atoms with Gasteiger partial charge in [0.2, 0.25) is 5.95 Å². The van der Waals surface area contributed by atoms with Crippen molar-refractivity contribution in [2.24, 2.45) is 0 Å². The van der Waals surface area contributed by atoms with Gasteiger partial charge in [0.15, 0.2) is 0 Å². The molecule has 0 saturated carbocycles. The van der Waals surface area contributed by atoms with Gasteiger partial charge < -0.3 is 10.1 Å². The molecule has 0 radical (unpaired) electrons. The second-order valence-corrected chi connectivity index (χ2v) is 5.90. The summed E-state index contributed by atoms with van der Waals surface area (Å²) in [7, 11) is 0. The molecule has 0 aliphatic carbocycles. The molecule has 130 valence electrons. The minimum absolute atomic E-state index is 0.0245. The molecule has 1 aromatic heterocycles. The average Bonchev–Trinajstić information content (AvgIpc) is 3.00. The summed E-state index contributed by atoms with van der Waals surface area (Å²) < 4.78 is 6.92. The molecule has 9 nitrogen and oxygen atoms in total. The van der Waals surface area contributed by atoms with E-state index in [9.17, 15) is 14.9 Å². The first-order valence-electron chi connectivity index (χ1n) is 7.71. The molecule has 1 N–H and O–H groups in total. The lowest BCUT2D eigenvalue weighted by Crippen LogP contribution is -2.30. The second-order valence-electron chi connectivity index (χ2n) is 5.90. The first-order chi connectivity index (χ1) is 11.9. The van der Waals surface area contributed by atoms with Crippen LogP contribution in [0, 0.1) is 10.1 Å². The lowest BCUT2D eigenvalue weighted by Gasteiger charge is -2.28. The monoisotopic (exact) mass is 343 g/mol. The van der Waals surface area contributed by atoms with Gasteiger partial charge in [0, 0.05) is 17.8 Å². The Morgan fingerprint density at radius 3 is 2.64 bits per heavy atom. The van der Waals surface area contributed by atoms with Gasteiger partial charge in [-0.05, 0) is 38.5 Å². The number of esters is 1. The number of benzene rings is 1. The van der Waals surface area contributed by atoms with Crippen LogP contribution in [-0.4, -0.2) is 31.8 Å². The summed E-state index contributed by atoms with van der Waals surface area (Å²) in [4.78, 5) is 27.2. The largest absolute Gasteiger partial charge is 0.459 e. The Balaban J connectivity index is 2.08. The molecule has 1 aliphatic heterocycles. The van der Waals surface area contributed by atoms with Crippen molar-refractivity contribution in [1.29, 1.82) is 0 Å². The highest BCUT2D eigenvalue weighted by Crippen LogP contribution is 2.35. The Morgan fingerprint density at radius 2 is 2.04 bits per heavy atom. The van der Waals surface area contributed by atoms with E-state index in [4.69, 9.17) is 4.74 Å². The molecule has 25 heavy (non-hydrogen) atoms. The molecule has 0 spiro atoms. The Bertz CT molecular complexity index is 854. The Labute approximate surface area is 143 Å². The smallest absolute Gasteiger partial charge is 0.338 e. The van der Waals surface area contributed by atoms with E-state index < -0.39 is 16.9 Å². The number of allylic oxidation sites excluding steroid dienone is 1. The van der Waals surface area contributed by atoms with Gasteiger partial charge in [-0.1, -0.05) is 0 Å². The van der Waals surface area contributed by atoms with Crippen molar-refractivity contribution in [2.75, 3.05) is 5.32 Å². The van der Waals surface area contributed by atoms with Crippen molar-refractivity contribution in [3.8, 4) is 0 Å². The fourth-order valence-corrected chi connectivity index (χ4v) is 2.72. The SMILES string of the molecule is CC1=C(C(=O)OC(C)C)C(c2ccc([N+](=O)[O-])cc2)n2ncnc2N1. The Hall–Kier alpha value is -3.23. The summed E-state index contributed by atoms with van der Waals surface area (Å²) in [5.41, 5.74) is 1.65. The van der Waals surface area contributed by atoms with Gasteiger partial charge in [0.25, 0.3) is 5.69 Å². The summed E-state index contributed by atoms with van der Waals surface area (Å²) in [6.45, 7) is 5.30. The standard InChI is InChI=1S/C16H17N5O4/c1-9(2)25-15(22)13-10(3)19-16-17-8-18-20(16)14(13)11-4-6-12(7-5-11)21(23)24/h4-9,14H,1-3H3,(H,17,18,19). The van der Waals surface area contributed by atoms with Crippen LogP contribution in [-0.2, 0) is 9.53 Å². The van der Waals surface area contributed by atoms with Crippen LogP contribution in [0.4, 0.5) is 11.6 Å². The quantitative estimate of drug-likeness (QED) is 0.515.